The summed E-state index contributed by atoms with van der Waals surface area (Å²) in [5.74, 6) is -0.389. The van der Waals surface area contributed by atoms with E-state index < -0.39 is 11.7 Å². The number of rotatable bonds is 2. The molecule has 66 valence electrons. The van der Waals surface area contributed by atoms with Crippen LogP contribution in [-0.2, 0) is 0 Å². The highest BCUT2D eigenvalue weighted by Gasteiger charge is 2.35. The van der Waals surface area contributed by atoms with Crippen molar-refractivity contribution < 1.29 is 13.2 Å². The Morgan fingerprint density at radius 2 is 1.91 bits per heavy atom. The Morgan fingerprint density at radius 3 is 2.00 bits per heavy atom. The first-order chi connectivity index (χ1) is 4.93. The molecule has 11 heavy (non-hydrogen) atoms. The third-order valence-electron chi connectivity index (χ3n) is 1.78. The molecule has 0 fully saturated rings. The first kappa shape index (κ1) is 10.5. The predicted molar refractivity (Wildman–Crippen MR) is 39.3 cm³/mol. The molecular weight excluding hydrogens is 153 g/mol. The predicted octanol–water partition coefficient (Wildman–Crippen LogP) is 3.54. The number of halogens is 3. The molecule has 0 heterocycles. The van der Waals surface area contributed by atoms with Gasteiger partial charge in [-0.05, 0) is 19.3 Å². The van der Waals surface area contributed by atoms with Gasteiger partial charge in [0.2, 0.25) is 0 Å². The maximum absolute atomic E-state index is 12.1. The summed E-state index contributed by atoms with van der Waals surface area (Å²) < 4.78 is 36.3. The minimum absolute atomic E-state index is 0.389. The van der Waals surface area contributed by atoms with Crippen molar-refractivity contribution in [3.8, 4) is 0 Å². The quantitative estimate of drug-likeness (QED) is 0.550. The van der Waals surface area contributed by atoms with Gasteiger partial charge in [-0.2, -0.15) is 13.2 Å². The van der Waals surface area contributed by atoms with E-state index >= 15 is 0 Å². The Balaban J connectivity index is 4.44. The van der Waals surface area contributed by atoms with Gasteiger partial charge in [-0.15, -0.1) is 0 Å². The third-order valence-corrected chi connectivity index (χ3v) is 1.78. The summed E-state index contributed by atoms with van der Waals surface area (Å²) in [6.07, 6.45) is -2.47. The zero-order valence-corrected chi connectivity index (χ0v) is 7.00. The van der Waals surface area contributed by atoms with Crippen LogP contribution in [0.3, 0.4) is 0 Å². The molecule has 3 heteroatoms. The fraction of sp³-hybridized carbons (Fsp3) is 0.750. The van der Waals surface area contributed by atoms with Gasteiger partial charge in [0.25, 0.3) is 0 Å². The van der Waals surface area contributed by atoms with Crippen LogP contribution < -0.4 is 0 Å². The number of hydrogen-bond acceptors (Lipinski definition) is 0. The van der Waals surface area contributed by atoms with Crippen LogP contribution in [0, 0.1) is 5.92 Å². The van der Waals surface area contributed by atoms with E-state index in [1.165, 1.54) is 6.92 Å². The Labute approximate surface area is 65.1 Å². The molecule has 0 aromatic rings. The lowest BCUT2D eigenvalue weighted by Gasteiger charge is -2.16. The van der Waals surface area contributed by atoms with Gasteiger partial charge in [0.05, 0.1) is 0 Å². The van der Waals surface area contributed by atoms with Crippen LogP contribution in [0.2, 0.25) is 0 Å². The van der Waals surface area contributed by atoms with Crippen molar-refractivity contribution >= 4 is 0 Å². The molecule has 0 nitrogen and oxygen atoms in total. The second-order valence-corrected chi connectivity index (χ2v) is 2.55. The summed E-state index contributed by atoms with van der Waals surface area (Å²) in [5.41, 5.74) is -0.417. The molecule has 0 aliphatic rings. The molecule has 0 aliphatic carbocycles. The summed E-state index contributed by atoms with van der Waals surface area (Å²) >= 11 is 0. The molecule has 0 amide bonds. The molecule has 0 radical (unpaired) electrons. The van der Waals surface area contributed by atoms with E-state index in [9.17, 15) is 13.2 Å². The van der Waals surface area contributed by atoms with Crippen LogP contribution in [-0.4, -0.2) is 6.18 Å². The Hall–Kier alpha value is -0.470. The van der Waals surface area contributed by atoms with Crippen molar-refractivity contribution in [2.75, 3.05) is 0 Å². The summed E-state index contributed by atoms with van der Waals surface area (Å²) in [5, 5.41) is 0. The SMILES string of the molecule is C/C=C(\C(C)CC)C(F)(F)F. The second kappa shape index (κ2) is 3.79. The van der Waals surface area contributed by atoms with Crippen molar-refractivity contribution in [3.63, 3.8) is 0 Å². The summed E-state index contributed by atoms with van der Waals surface area (Å²) in [6.45, 7) is 4.76. The van der Waals surface area contributed by atoms with E-state index in [1.54, 1.807) is 13.8 Å². The topological polar surface area (TPSA) is 0 Å². The summed E-state index contributed by atoms with van der Waals surface area (Å²) in [4.78, 5) is 0. The van der Waals surface area contributed by atoms with Gasteiger partial charge in [-0.25, -0.2) is 0 Å². The van der Waals surface area contributed by atoms with Gasteiger partial charge in [-0.3, -0.25) is 0 Å². The molecule has 0 saturated carbocycles. The van der Waals surface area contributed by atoms with E-state index in [2.05, 4.69) is 0 Å². The monoisotopic (exact) mass is 166 g/mol. The second-order valence-electron chi connectivity index (χ2n) is 2.55. The van der Waals surface area contributed by atoms with Crippen LogP contribution in [0.15, 0.2) is 11.6 Å². The van der Waals surface area contributed by atoms with Crippen LogP contribution in [0.1, 0.15) is 27.2 Å². The lowest BCUT2D eigenvalue weighted by Crippen LogP contribution is -2.17. The van der Waals surface area contributed by atoms with Crippen molar-refractivity contribution in [3.05, 3.63) is 11.6 Å². The van der Waals surface area contributed by atoms with E-state index in [0.717, 1.165) is 6.08 Å². The fourth-order valence-electron chi connectivity index (χ4n) is 0.947. The van der Waals surface area contributed by atoms with E-state index in [-0.39, 0.29) is 5.92 Å². The Kier molecular flexibility index (Phi) is 3.63. The van der Waals surface area contributed by atoms with Gasteiger partial charge in [0.15, 0.2) is 0 Å². The fourth-order valence-corrected chi connectivity index (χ4v) is 0.947. The Bertz CT molecular complexity index is 144. The van der Waals surface area contributed by atoms with Crippen LogP contribution in [0.5, 0.6) is 0 Å². The third kappa shape index (κ3) is 2.95. The van der Waals surface area contributed by atoms with Crippen LogP contribution >= 0.6 is 0 Å². The lowest BCUT2D eigenvalue weighted by molar-refractivity contribution is -0.0986. The largest absolute Gasteiger partial charge is 0.412 e. The highest BCUT2D eigenvalue weighted by atomic mass is 19.4. The van der Waals surface area contributed by atoms with Gasteiger partial charge >= 0.3 is 6.18 Å². The van der Waals surface area contributed by atoms with E-state index in [4.69, 9.17) is 0 Å². The zero-order chi connectivity index (χ0) is 9.07. The van der Waals surface area contributed by atoms with Crippen LogP contribution in [0.25, 0.3) is 0 Å². The number of alkyl halides is 3. The first-order valence-electron chi connectivity index (χ1n) is 3.66. The number of allylic oxidation sites excluding steroid dienone is 2. The molecular formula is C8H13F3. The average Bonchev–Trinajstić information content (AvgIpc) is 1.86. The smallest absolute Gasteiger partial charge is 0.166 e. The van der Waals surface area contributed by atoms with Crippen LogP contribution in [0.4, 0.5) is 13.2 Å². The molecule has 0 spiro atoms. The van der Waals surface area contributed by atoms with E-state index in [0.29, 0.717) is 6.42 Å². The zero-order valence-electron chi connectivity index (χ0n) is 7.00. The maximum Gasteiger partial charge on any atom is 0.412 e. The van der Waals surface area contributed by atoms with Crippen molar-refractivity contribution in [2.45, 2.75) is 33.4 Å². The molecule has 0 bridgehead atoms. The highest BCUT2D eigenvalue weighted by molar-refractivity contribution is 5.10. The van der Waals surface area contributed by atoms with Gasteiger partial charge < -0.3 is 0 Å². The first-order valence-corrected chi connectivity index (χ1v) is 3.66. The van der Waals surface area contributed by atoms with E-state index in [1.807, 2.05) is 0 Å². The van der Waals surface area contributed by atoms with Crippen molar-refractivity contribution in [2.24, 2.45) is 5.92 Å². The maximum atomic E-state index is 12.1. The lowest BCUT2D eigenvalue weighted by atomic mass is 9.98. The summed E-state index contributed by atoms with van der Waals surface area (Å²) in [6, 6.07) is 0. The molecule has 0 aromatic heterocycles. The molecule has 1 unspecified atom stereocenters. The van der Waals surface area contributed by atoms with Gasteiger partial charge in [0, 0.05) is 5.57 Å². The van der Waals surface area contributed by atoms with Gasteiger partial charge in [0.1, 0.15) is 0 Å². The molecule has 0 aliphatic heterocycles. The Morgan fingerprint density at radius 1 is 1.45 bits per heavy atom. The molecule has 0 N–H and O–H groups in total. The number of hydrogen-bond donors (Lipinski definition) is 0. The molecule has 0 saturated heterocycles. The van der Waals surface area contributed by atoms with Crippen molar-refractivity contribution in [1.82, 2.24) is 0 Å². The summed E-state index contributed by atoms with van der Waals surface area (Å²) in [7, 11) is 0. The van der Waals surface area contributed by atoms with Crippen molar-refractivity contribution in [1.29, 1.82) is 0 Å². The molecule has 0 rings (SSSR count). The minimum Gasteiger partial charge on any atom is -0.166 e. The molecule has 0 aromatic carbocycles. The molecule has 1 atom stereocenters. The highest BCUT2D eigenvalue weighted by Crippen LogP contribution is 2.32. The van der Waals surface area contributed by atoms with Gasteiger partial charge in [-0.1, -0.05) is 19.9 Å². The standard InChI is InChI=1S/C8H13F3/c1-4-6(3)7(5-2)8(9,10)11/h5-6H,4H2,1-3H3/b7-5+. The minimum atomic E-state index is -4.15. The average molecular weight is 166 g/mol. The normalized spacial score (nSPS) is 16.7.